The molecule has 0 radical (unpaired) electrons. The van der Waals surface area contributed by atoms with Crippen molar-refractivity contribution in [2.45, 2.75) is 31.6 Å². The van der Waals surface area contributed by atoms with E-state index in [0.717, 1.165) is 26.1 Å². The highest BCUT2D eigenvalue weighted by atomic mass is 19.4. The molecule has 1 unspecified atom stereocenters. The van der Waals surface area contributed by atoms with E-state index in [9.17, 15) is 18.0 Å². The zero-order valence-electron chi connectivity index (χ0n) is 18.1. The van der Waals surface area contributed by atoms with Crippen LogP contribution in [-0.4, -0.2) is 82.1 Å². The molecule has 3 heterocycles. The zero-order valence-corrected chi connectivity index (χ0v) is 18.1. The number of hydrogen-bond acceptors (Lipinski definition) is 5. The quantitative estimate of drug-likeness (QED) is 0.725. The molecule has 1 saturated heterocycles. The Balaban J connectivity index is 0.000000383. The van der Waals surface area contributed by atoms with Crippen molar-refractivity contribution >= 4 is 11.9 Å². The van der Waals surface area contributed by atoms with Gasteiger partial charge in [-0.3, -0.25) is 14.4 Å². The van der Waals surface area contributed by atoms with Gasteiger partial charge < -0.3 is 14.7 Å². The van der Waals surface area contributed by atoms with E-state index in [1.807, 2.05) is 11.1 Å². The highest BCUT2D eigenvalue weighted by molar-refractivity contribution is 5.76. The number of amides is 1. The van der Waals surface area contributed by atoms with Crippen LogP contribution in [0.5, 0.6) is 0 Å². The topological polar surface area (TPSA) is 87.9 Å². The van der Waals surface area contributed by atoms with Crippen LogP contribution in [-0.2, 0) is 27.3 Å². The van der Waals surface area contributed by atoms with Crippen molar-refractivity contribution in [1.29, 1.82) is 0 Å². The van der Waals surface area contributed by atoms with Crippen LogP contribution in [0.4, 0.5) is 13.2 Å². The molecule has 0 spiro atoms. The molecule has 0 aliphatic carbocycles. The molecule has 0 bridgehead atoms. The Bertz CT molecular complexity index is 914. The summed E-state index contributed by atoms with van der Waals surface area (Å²) in [6.07, 6.45) is -1.70. The number of benzene rings is 1. The fourth-order valence-corrected chi connectivity index (χ4v) is 3.86. The average Bonchev–Trinajstić information content (AvgIpc) is 3.28. The number of aromatic nitrogens is 2. The maximum atomic E-state index is 12.7. The van der Waals surface area contributed by atoms with E-state index in [0.29, 0.717) is 32.7 Å². The molecule has 2 aliphatic heterocycles. The first-order valence-electron chi connectivity index (χ1n) is 10.7. The molecule has 1 N–H and O–H groups in total. The molecule has 1 amide bonds. The van der Waals surface area contributed by atoms with Crippen LogP contribution < -0.4 is 0 Å². The van der Waals surface area contributed by atoms with E-state index in [-0.39, 0.29) is 11.9 Å². The van der Waals surface area contributed by atoms with Crippen LogP contribution >= 0.6 is 0 Å². The first-order valence-corrected chi connectivity index (χ1v) is 10.7. The van der Waals surface area contributed by atoms with Gasteiger partial charge in [-0.25, -0.2) is 4.79 Å². The molecular weight excluding hydrogens is 441 g/mol. The number of aliphatic carboxylic acids is 1. The van der Waals surface area contributed by atoms with Crippen LogP contribution in [0.25, 0.3) is 0 Å². The number of carbonyl (C=O) groups excluding carboxylic acids is 1. The SMILES string of the molecule is O=C(CC1CN(CCc2ccccc2)Cc2ccnn21)N1CCOCC1.O=C(O)C(F)(F)F. The maximum Gasteiger partial charge on any atom is 0.490 e. The number of carboxylic acid groups (broad SMARTS) is 1. The fourth-order valence-electron chi connectivity index (χ4n) is 3.86. The van der Waals surface area contributed by atoms with Gasteiger partial charge in [0.05, 0.1) is 31.4 Å². The van der Waals surface area contributed by atoms with Crippen LogP contribution in [0.3, 0.4) is 0 Å². The number of alkyl halides is 3. The molecule has 1 aromatic heterocycles. The summed E-state index contributed by atoms with van der Waals surface area (Å²) in [6, 6.07) is 12.8. The second-order valence-corrected chi connectivity index (χ2v) is 7.89. The lowest BCUT2D eigenvalue weighted by Crippen LogP contribution is -2.44. The first-order chi connectivity index (χ1) is 15.7. The predicted octanol–water partition coefficient (Wildman–Crippen LogP) is 2.36. The van der Waals surface area contributed by atoms with Gasteiger partial charge in [-0.2, -0.15) is 18.3 Å². The van der Waals surface area contributed by atoms with Crippen LogP contribution in [0.15, 0.2) is 42.6 Å². The number of carbonyl (C=O) groups is 2. The van der Waals surface area contributed by atoms with E-state index < -0.39 is 12.1 Å². The maximum absolute atomic E-state index is 12.7. The Morgan fingerprint density at radius 3 is 2.42 bits per heavy atom. The number of morpholine rings is 1. The number of nitrogens with zero attached hydrogens (tertiary/aromatic N) is 4. The lowest BCUT2D eigenvalue weighted by Gasteiger charge is -2.35. The summed E-state index contributed by atoms with van der Waals surface area (Å²) in [4.78, 5) is 26.0. The molecule has 11 heteroatoms. The van der Waals surface area contributed by atoms with Crippen molar-refractivity contribution in [3.63, 3.8) is 0 Å². The van der Waals surface area contributed by atoms with Gasteiger partial charge in [-0.15, -0.1) is 0 Å². The highest BCUT2D eigenvalue weighted by Gasteiger charge is 2.38. The summed E-state index contributed by atoms with van der Waals surface area (Å²) < 4.78 is 39.1. The van der Waals surface area contributed by atoms with Crippen LogP contribution in [0.2, 0.25) is 0 Å². The van der Waals surface area contributed by atoms with E-state index in [1.165, 1.54) is 11.3 Å². The molecule has 1 fully saturated rings. The second-order valence-electron chi connectivity index (χ2n) is 7.89. The zero-order chi connectivity index (χ0) is 23.8. The minimum atomic E-state index is -5.08. The Hall–Kier alpha value is -2.92. The number of ether oxygens (including phenoxy) is 1. The van der Waals surface area contributed by atoms with Gasteiger partial charge in [0.15, 0.2) is 0 Å². The van der Waals surface area contributed by atoms with E-state index in [2.05, 4.69) is 51.1 Å². The summed E-state index contributed by atoms with van der Waals surface area (Å²) in [5.41, 5.74) is 2.55. The normalized spacial score (nSPS) is 18.8. The van der Waals surface area contributed by atoms with E-state index in [4.69, 9.17) is 14.6 Å². The largest absolute Gasteiger partial charge is 0.490 e. The van der Waals surface area contributed by atoms with E-state index >= 15 is 0 Å². The number of carboxylic acids is 1. The number of fused-ring (bicyclic) bond motifs is 1. The van der Waals surface area contributed by atoms with Crippen LogP contribution in [0.1, 0.15) is 23.7 Å². The summed E-state index contributed by atoms with van der Waals surface area (Å²) >= 11 is 0. The predicted molar refractivity (Wildman–Crippen MR) is 112 cm³/mol. The molecule has 33 heavy (non-hydrogen) atoms. The summed E-state index contributed by atoms with van der Waals surface area (Å²) in [7, 11) is 0. The molecule has 2 aliphatic rings. The smallest absolute Gasteiger partial charge is 0.475 e. The van der Waals surface area contributed by atoms with Crippen molar-refractivity contribution in [2.75, 3.05) is 39.4 Å². The molecule has 2 aromatic rings. The Kier molecular flexibility index (Phi) is 8.45. The number of halogens is 3. The lowest BCUT2D eigenvalue weighted by atomic mass is 10.1. The lowest BCUT2D eigenvalue weighted by molar-refractivity contribution is -0.192. The van der Waals surface area contributed by atoms with Crippen molar-refractivity contribution < 1.29 is 32.6 Å². The van der Waals surface area contributed by atoms with Crippen molar-refractivity contribution in [3.8, 4) is 0 Å². The fraction of sp³-hybridized carbons (Fsp3) is 0.500. The summed E-state index contributed by atoms with van der Waals surface area (Å²) in [5, 5.41) is 11.6. The average molecular weight is 468 g/mol. The van der Waals surface area contributed by atoms with Gasteiger partial charge in [0.1, 0.15) is 0 Å². The summed E-state index contributed by atoms with van der Waals surface area (Å²) in [6.45, 7) is 5.47. The summed E-state index contributed by atoms with van der Waals surface area (Å²) in [5.74, 6) is -2.54. The van der Waals surface area contributed by atoms with Crippen molar-refractivity contribution in [1.82, 2.24) is 19.6 Å². The second kappa shape index (κ2) is 11.3. The third-order valence-electron chi connectivity index (χ3n) is 5.53. The Labute approximate surface area is 189 Å². The van der Waals surface area contributed by atoms with E-state index in [1.54, 1.807) is 0 Å². The van der Waals surface area contributed by atoms with Crippen molar-refractivity contribution in [2.24, 2.45) is 0 Å². The minimum Gasteiger partial charge on any atom is -0.475 e. The van der Waals surface area contributed by atoms with Gasteiger partial charge >= 0.3 is 12.1 Å². The molecule has 1 aromatic carbocycles. The van der Waals surface area contributed by atoms with Gasteiger partial charge in [0.25, 0.3) is 0 Å². The van der Waals surface area contributed by atoms with Gasteiger partial charge in [-0.1, -0.05) is 30.3 Å². The first kappa shape index (κ1) is 24.7. The third kappa shape index (κ3) is 7.29. The molecule has 180 valence electrons. The Morgan fingerprint density at radius 2 is 1.79 bits per heavy atom. The van der Waals surface area contributed by atoms with Crippen LogP contribution in [0, 0.1) is 0 Å². The molecule has 4 rings (SSSR count). The third-order valence-corrected chi connectivity index (χ3v) is 5.53. The standard InChI is InChI=1S/C20H26N4O2.C2HF3O2/c25-20(23-10-12-26-13-11-23)14-19-16-22(15-18-6-8-21-24(18)19)9-7-17-4-2-1-3-5-17;3-2(4,5)1(6)7/h1-6,8,19H,7,9-16H2;(H,6,7). The number of hydrogen-bond donors (Lipinski definition) is 1. The number of rotatable bonds is 5. The molecular formula is C22H27F3N4O4. The van der Waals surface area contributed by atoms with Gasteiger partial charge in [0.2, 0.25) is 5.91 Å². The van der Waals surface area contributed by atoms with Crippen molar-refractivity contribution in [3.05, 3.63) is 53.9 Å². The molecule has 8 nitrogen and oxygen atoms in total. The minimum absolute atomic E-state index is 0.111. The van der Waals surface area contributed by atoms with Gasteiger partial charge in [-0.05, 0) is 18.1 Å². The molecule has 1 atom stereocenters. The monoisotopic (exact) mass is 468 g/mol. The Morgan fingerprint density at radius 1 is 1.12 bits per heavy atom. The molecule has 0 saturated carbocycles. The highest BCUT2D eigenvalue weighted by Crippen LogP contribution is 2.24. The van der Waals surface area contributed by atoms with Gasteiger partial charge in [0, 0.05) is 38.9 Å².